The van der Waals surface area contributed by atoms with Crippen LogP contribution in [0.4, 0.5) is 0 Å². The highest BCUT2D eigenvalue weighted by molar-refractivity contribution is 7.86. The molecule has 1 heterocycles. The lowest BCUT2D eigenvalue weighted by Gasteiger charge is -2.28. The molecule has 0 aliphatic carbocycles. The van der Waals surface area contributed by atoms with Crippen LogP contribution in [0.1, 0.15) is 40.0 Å². The first kappa shape index (κ1) is 11.9. The largest absolute Gasteiger partial charge is 0.277 e. The van der Waals surface area contributed by atoms with Gasteiger partial charge in [-0.2, -0.15) is 12.7 Å². The van der Waals surface area contributed by atoms with E-state index in [4.69, 9.17) is 5.14 Å². The van der Waals surface area contributed by atoms with Gasteiger partial charge in [-0.25, -0.2) is 5.14 Å². The quantitative estimate of drug-likeness (QED) is 0.757. The summed E-state index contributed by atoms with van der Waals surface area (Å²) in [6, 6.07) is 0.102. The second-order valence-corrected chi connectivity index (χ2v) is 6.72. The molecule has 0 spiro atoms. The zero-order valence-electron chi connectivity index (χ0n) is 9.16. The molecule has 0 aromatic rings. The summed E-state index contributed by atoms with van der Waals surface area (Å²) in [5.41, 5.74) is 0.151. The van der Waals surface area contributed by atoms with Crippen LogP contribution in [0, 0.1) is 5.41 Å². The first-order valence-corrected chi connectivity index (χ1v) is 6.50. The average molecular weight is 220 g/mol. The normalized spacial score (nSPS) is 25.6. The van der Waals surface area contributed by atoms with Gasteiger partial charge in [0, 0.05) is 12.6 Å². The summed E-state index contributed by atoms with van der Waals surface area (Å²) in [6.07, 6.45) is 2.74. The molecule has 0 saturated carbocycles. The van der Waals surface area contributed by atoms with Crippen LogP contribution in [0.5, 0.6) is 0 Å². The highest BCUT2D eigenvalue weighted by Gasteiger charge is 2.34. The molecule has 1 rings (SSSR count). The van der Waals surface area contributed by atoms with Gasteiger partial charge in [-0.1, -0.05) is 20.8 Å². The van der Waals surface area contributed by atoms with Crippen molar-refractivity contribution in [3.05, 3.63) is 0 Å². The van der Waals surface area contributed by atoms with Gasteiger partial charge in [-0.3, -0.25) is 0 Å². The maximum absolute atomic E-state index is 11.2. The summed E-state index contributed by atoms with van der Waals surface area (Å²) in [7, 11) is -3.49. The first-order valence-electron chi connectivity index (χ1n) is 5.00. The third-order valence-corrected chi connectivity index (χ3v) is 3.63. The Morgan fingerprint density at radius 3 is 2.43 bits per heavy atom. The van der Waals surface area contributed by atoms with Crippen LogP contribution < -0.4 is 5.14 Å². The Kier molecular flexibility index (Phi) is 3.23. The lowest BCUT2D eigenvalue weighted by atomic mass is 9.88. The maximum Gasteiger partial charge on any atom is 0.277 e. The molecule has 0 aromatic carbocycles. The third kappa shape index (κ3) is 3.22. The van der Waals surface area contributed by atoms with Gasteiger partial charge in [0.25, 0.3) is 10.2 Å². The van der Waals surface area contributed by atoms with E-state index in [1.54, 1.807) is 0 Å². The summed E-state index contributed by atoms with van der Waals surface area (Å²) in [5, 5.41) is 5.15. The monoisotopic (exact) mass is 220 g/mol. The highest BCUT2D eigenvalue weighted by Crippen LogP contribution is 2.30. The molecule has 1 aliphatic heterocycles. The second kappa shape index (κ2) is 3.79. The van der Waals surface area contributed by atoms with E-state index in [1.807, 2.05) is 0 Å². The fourth-order valence-corrected chi connectivity index (χ4v) is 3.03. The van der Waals surface area contributed by atoms with Crippen molar-refractivity contribution in [3.63, 3.8) is 0 Å². The van der Waals surface area contributed by atoms with Gasteiger partial charge < -0.3 is 0 Å². The molecule has 0 bridgehead atoms. The molecule has 1 atom stereocenters. The predicted molar refractivity (Wildman–Crippen MR) is 56.9 cm³/mol. The molecule has 1 saturated heterocycles. The smallest absolute Gasteiger partial charge is 0.216 e. The second-order valence-electron chi connectivity index (χ2n) is 5.22. The van der Waals surface area contributed by atoms with Crippen LogP contribution in [0.2, 0.25) is 0 Å². The van der Waals surface area contributed by atoms with Crippen molar-refractivity contribution in [1.29, 1.82) is 0 Å². The molecule has 0 aromatic heterocycles. The zero-order valence-corrected chi connectivity index (χ0v) is 9.97. The number of nitrogens with two attached hydrogens (primary N) is 1. The van der Waals surface area contributed by atoms with E-state index in [2.05, 4.69) is 20.8 Å². The Morgan fingerprint density at radius 2 is 2.00 bits per heavy atom. The van der Waals surface area contributed by atoms with E-state index in [0.29, 0.717) is 6.54 Å². The number of rotatable bonds is 2. The van der Waals surface area contributed by atoms with Crippen molar-refractivity contribution in [2.75, 3.05) is 6.54 Å². The summed E-state index contributed by atoms with van der Waals surface area (Å²) in [4.78, 5) is 0. The Labute approximate surface area is 86.6 Å². The van der Waals surface area contributed by atoms with Crippen molar-refractivity contribution < 1.29 is 8.42 Å². The molecule has 0 amide bonds. The Morgan fingerprint density at radius 1 is 1.43 bits per heavy atom. The minimum absolute atomic E-state index is 0.102. The van der Waals surface area contributed by atoms with Crippen molar-refractivity contribution in [2.24, 2.45) is 10.6 Å². The topological polar surface area (TPSA) is 63.4 Å². The Balaban J connectivity index is 2.71. The maximum atomic E-state index is 11.2. The molecule has 84 valence electrons. The number of hydrogen-bond donors (Lipinski definition) is 1. The fourth-order valence-electron chi connectivity index (χ4n) is 2.06. The number of hydrogen-bond acceptors (Lipinski definition) is 2. The van der Waals surface area contributed by atoms with Crippen LogP contribution in [0.15, 0.2) is 0 Å². The summed E-state index contributed by atoms with van der Waals surface area (Å²) in [5.74, 6) is 0. The molecule has 14 heavy (non-hydrogen) atoms. The zero-order chi connectivity index (χ0) is 11.0. The Bertz CT molecular complexity index is 292. The lowest BCUT2D eigenvalue weighted by Crippen LogP contribution is -2.41. The van der Waals surface area contributed by atoms with Gasteiger partial charge in [-0.05, 0) is 24.7 Å². The van der Waals surface area contributed by atoms with Gasteiger partial charge in [-0.15, -0.1) is 0 Å². The molecule has 0 radical (unpaired) electrons. The van der Waals surface area contributed by atoms with Crippen LogP contribution in [0.25, 0.3) is 0 Å². The molecule has 1 fully saturated rings. The van der Waals surface area contributed by atoms with Crippen LogP contribution >= 0.6 is 0 Å². The van der Waals surface area contributed by atoms with Gasteiger partial charge >= 0.3 is 0 Å². The van der Waals surface area contributed by atoms with Gasteiger partial charge in [0.2, 0.25) is 0 Å². The van der Waals surface area contributed by atoms with Crippen molar-refractivity contribution >= 4 is 10.2 Å². The van der Waals surface area contributed by atoms with Crippen LogP contribution in [0.3, 0.4) is 0 Å². The molecule has 0 unspecified atom stereocenters. The van der Waals surface area contributed by atoms with Crippen molar-refractivity contribution in [1.82, 2.24) is 4.31 Å². The van der Waals surface area contributed by atoms with Gasteiger partial charge in [0.15, 0.2) is 0 Å². The van der Waals surface area contributed by atoms with Crippen LogP contribution in [-0.4, -0.2) is 25.3 Å². The molecular weight excluding hydrogens is 200 g/mol. The number of nitrogens with zero attached hydrogens (tertiary/aromatic N) is 1. The summed E-state index contributed by atoms with van der Waals surface area (Å²) < 4.78 is 23.9. The lowest BCUT2D eigenvalue weighted by molar-refractivity contribution is 0.267. The summed E-state index contributed by atoms with van der Waals surface area (Å²) >= 11 is 0. The van der Waals surface area contributed by atoms with Crippen molar-refractivity contribution in [2.45, 2.75) is 46.1 Å². The minimum atomic E-state index is -3.49. The average Bonchev–Trinajstić information content (AvgIpc) is 2.29. The predicted octanol–water partition coefficient (Wildman–Crippen LogP) is 1.09. The standard InChI is InChI=1S/C9H20N2O2S/c1-9(2,3)7-8-5-4-6-11(8)14(10,12)13/h8H,4-7H2,1-3H3,(H2,10,12,13)/t8-/m0/s1. The molecular formula is C9H20N2O2S. The first-order chi connectivity index (χ1) is 6.20. The third-order valence-electron chi connectivity index (χ3n) is 2.50. The van der Waals surface area contributed by atoms with E-state index < -0.39 is 10.2 Å². The van der Waals surface area contributed by atoms with Crippen LogP contribution in [-0.2, 0) is 10.2 Å². The van der Waals surface area contributed by atoms with E-state index in [9.17, 15) is 8.42 Å². The van der Waals surface area contributed by atoms with E-state index in [1.165, 1.54) is 4.31 Å². The minimum Gasteiger partial charge on any atom is -0.216 e. The molecule has 2 N–H and O–H groups in total. The van der Waals surface area contributed by atoms with Gasteiger partial charge in [0.05, 0.1) is 0 Å². The molecule has 5 heteroatoms. The van der Waals surface area contributed by atoms with Crippen molar-refractivity contribution in [3.8, 4) is 0 Å². The molecule has 4 nitrogen and oxygen atoms in total. The summed E-state index contributed by atoms with van der Waals surface area (Å²) in [6.45, 7) is 6.94. The Hall–Kier alpha value is -0.130. The van der Waals surface area contributed by atoms with E-state index >= 15 is 0 Å². The van der Waals surface area contributed by atoms with E-state index in [-0.39, 0.29) is 11.5 Å². The molecule has 1 aliphatic rings. The highest BCUT2D eigenvalue weighted by atomic mass is 32.2. The fraction of sp³-hybridized carbons (Fsp3) is 1.00. The SMILES string of the molecule is CC(C)(C)C[C@@H]1CCCN1S(N)(=O)=O. The van der Waals surface area contributed by atoms with Gasteiger partial charge in [0.1, 0.15) is 0 Å². The van der Waals surface area contributed by atoms with E-state index in [0.717, 1.165) is 19.3 Å².